The summed E-state index contributed by atoms with van der Waals surface area (Å²) >= 11 is 3.39. The van der Waals surface area contributed by atoms with E-state index in [1.807, 2.05) is 32.9 Å². The number of aromatic nitrogens is 1. The maximum atomic E-state index is 11.6. The van der Waals surface area contributed by atoms with Crippen molar-refractivity contribution in [3.8, 4) is 11.8 Å². The van der Waals surface area contributed by atoms with Crippen LogP contribution in [-0.4, -0.2) is 22.7 Å². The van der Waals surface area contributed by atoms with Crippen molar-refractivity contribution in [2.45, 2.75) is 45.3 Å². The molecule has 0 bridgehead atoms. The van der Waals surface area contributed by atoms with E-state index in [4.69, 9.17) is 4.74 Å². The van der Waals surface area contributed by atoms with E-state index in [1.54, 1.807) is 6.20 Å². The van der Waals surface area contributed by atoms with Gasteiger partial charge in [-0.1, -0.05) is 21.9 Å². The zero-order valence-corrected chi connectivity index (χ0v) is 14.0. The van der Waals surface area contributed by atoms with Crippen LogP contribution in [0, 0.1) is 17.8 Å². The minimum absolute atomic E-state index is 0.0258. The van der Waals surface area contributed by atoms with Crippen molar-refractivity contribution in [1.29, 1.82) is 0 Å². The van der Waals surface area contributed by atoms with Gasteiger partial charge in [-0.25, -0.2) is 9.78 Å². The Balaban J connectivity index is 1.76. The van der Waals surface area contributed by atoms with Crippen molar-refractivity contribution in [2.75, 3.05) is 0 Å². The molecular formula is C16H19BrN2O2. The summed E-state index contributed by atoms with van der Waals surface area (Å²) in [6, 6.07) is 3.75. The topological polar surface area (TPSA) is 51.2 Å². The van der Waals surface area contributed by atoms with Crippen molar-refractivity contribution in [3.05, 3.63) is 28.5 Å². The van der Waals surface area contributed by atoms with E-state index in [9.17, 15) is 4.79 Å². The first-order valence-electron chi connectivity index (χ1n) is 6.94. The maximum Gasteiger partial charge on any atom is 0.407 e. The van der Waals surface area contributed by atoms with Crippen LogP contribution in [-0.2, 0) is 4.74 Å². The monoisotopic (exact) mass is 350 g/mol. The molecule has 1 N–H and O–H groups in total. The highest BCUT2D eigenvalue weighted by atomic mass is 79.9. The molecule has 0 spiro atoms. The van der Waals surface area contributed by atoms with Gasteiger partial charge in [-0.05, 0) is 51.7 Å². The normalized spacial score (nSPS) is 20.8. The van der Waals surface area contributed by atoms with Gasteiger partial charge in [0.25, 0.3) is 0 Å². The summed E-state index contributed by atoms with van der Waals surface area (Å²) in [6.45, 7) is 5.77. The maximum absolute atomic E-state index is 11.6. The number of nitrogens with one attached hydrogen (secondary N) is 1. The second-order valence-corrected chi connectivity index (χ2v) is 7.11. The molecule has 1 saturated carbocycles. The molecule has 0 radical (unpaired) electrons. The molecule has 1 aliphatic carbocycles. The molecule has 5 heteroatoms. The summed E-state index contributed by atoms with van der Waals surface area (Å²) in [6.07, 6.45) is 2.92. The molecule has 0 aliphatic heterocycles. The van der Waals surface area contributed by atoms with E-state index < -0.39 is 0 Å². The highest BCUT2D eigenvalue weighted by Gasteiger charge is 2.31. The molecule has 1 fully saturated rings. The fourth-order valence-electron chi connectivity index (χ4n) is 1.92. The van der Waals surface area contributed by atoms with E-state index in [-0.39, 0.29) is 23.7 Å². The minimum atomic E-state index is -0.354. The zero-order valence-electron chi connectivity index (χ0n) is 12.4. The number of carbonyl (C=O) groups excluding carboxylic acids is 1. The summed E-state index contributed by atoms with van der Waals surface area (Å²) in [7, 11) is 0. The molecule has 0 saturated heterocycles. The summed E-state index contributed by atoms with van der Waals surface area (Å²) in [5, 5.41) is 2.78. The number of carbonyl (C=O) groups is 1. The zero-order chi connectivity index (χ0) is 15.5. The summed E-state index contributed by atoms with van der Waals surface area (Å²) in [5.41, 5.74) is 0.478. The van der Waals surface area contributed by atoms with Gasteiger partial charge >= 0.3 is 6.09 Å². The Kier molecular flexibility index (Phi) is 4.89. The number of pyridine rings is 1. The number of rotatable bonds is 1. The Morgan fingerprint density at radius 1 is 1.48 bits per heavy atom. The quantitative estimate of drug-likeness (QED) is 0.788. The molecule has 2 rings (SSSR count). The Labute approximate surface area is 133 Å². The Hall–Kier alpha value is -1.54. The lowest BCUT2D eigenvalue weighted by molar-refractivity contribution is 0.0303. The number of halogens is 1. The minimum Gasteiger partial charge on any atom is -0.446 e. The van der Waals surface area contributed by atoms with Gasteiger partial charge in [0.2, 0.25) is 0 Å². The number of hydrogen-bond acceptors (Lipinski definition) is 3. The lowest BCUT2D eigenvalue weighted by Crippen LogP contribution is -2.44. The van der Waals surface area contributed by atoms with Crippen LogP contribution in [0.1, 0.15) is 39.3 Å². The number of ether oxygens (including phenoxy) is 1. The highest BCUT2D eigenvalue weighted by molar-refractivity contribution is 9.10. The van der Waals surface area contributed by atoms with Crippen LogP contribution in [0.25, 0.3) is 0 Å². The predicted octanol–water partition coefficient (Wildman–Crippen LogP) is 3.50. The first-order chi connectivity index (χ1) is 9.82. The largest absolute Gasteiger partial charge is 0.446 e. The van der Waals surface area contributed by atoms with Gasteiger partial charge in [-0.3, -0.25) is 0 Å². The molecule has 1 amide bonds. The molecule has 21 heavy (non-hydrogen) atoms. The standard InChI is InChI=1S/C16H19BrN2O2/c1-16(2,3)19-15(20)21-14-8-11(9-14)4-5-13-10-12(17)6-7-18-13/h6-7,10-11,14H,8-9H2,1-3H3,(H,19,20). The summed E-state index contributed by atoms with van der Waals surface area (Å²) in [5.74, 6) is 6.50. The van der Waals surface area contributed by atoms with Crippen LogP contribution < -0.4 is 5.32 Å². The highest BCUT2D eigenvalue weighted by Crippen LogP contribution is 2.29. The van der Waals surface area contributed by atoms with Crippen molar-refractivity contribution >= 4 is 22.0 Å². The number of nitrogens with zero attached hydrogens (tertiary/aromatic N) is 1. The third-order valence-electron chi connectivity index (χ3n) is 2.97. The van der Waals surface area contributed by atoms with Crippen molar-refractivity contribution in [2.24, 2.45) is 5.92 Å². The van der Waals surface area contributed by atoms with Crippen LogP contribution >= 0.6 is 15.9 Å². The van der Waals surface area contributed by atoms with Gasteiger partial charge in [0, 0.05) is 22.1 Å². The SMILES string of the molecule is CC(C)(C)NC(=O)OC1CC(C#Cc2cc(Br)ccn2)C1. The van der Waals surface area contributed by atoms with E-state index in [0.29, 0.717) is 0 Å². The van der Waals surface area contributed by atoms with E-state index in [1.165, 1.54) is 0 Å². The molecule has 0 aromatic carbocycles. The third kappa shape index (κ3) is 5.39. The third-order valence-corrected chi connectivity index (χ3v) is 3.47. The molecule has 1 aromatic heterocycles. The smallest absolute Gasteiger partial charge is 0.407 e. The molecule has 1 heterocycles. The average molecular weight is 351 g/mol. The van der Waals surface area contributed by atoms with Gasteiger partial charge < -0.3 is 10.1 Å². The van der Waals surface area contributed by atoms with Crippen LogP contribution in [0.2, 0.25) is 0 Å². The lowest BCUT2D eigenvalue weighted by Gasteiger charge is -2.32. The Morgan fingerprint density at radius 3 is 2.81 bits per heavy atom. The van der Waals surface area contributed by atoms with Crippen LogP contribution in [0.3, 0.4) is 0 Å². The van der Waals surface area contributed by atoms with Crippen LogP contribution in [0.15, 0.2) is 22.8 Å². The second-order valence-electron chi connectivity index (χ2n) is 6.20. The average Bonchev–Trinajstić information content (AvgIpc) is 2.29. The molecule has 1 aromatic rings. The molecular weight excluding hydrogens is 332 g/mol. The van der Waals surface area contributed by atoms with Gasteiger partial charge in [-0.2, -0.15) is 0 Å². The van der Waals surface area contributed by atoms with Gasteiger partial charge in [0.05, 0.1) is 0 Å². The number of amides is 1. The van der Waals surface area contributed by atoms with Crippen molar-refractivity contribution in [3.63, 3.8) is 0 Å². The Bertz CT molecular complexity index is 578. The molecule has 4 nitrogen and oxygen atoms in total. The van der Waals surface area contributed by atoms with Gasteiger partial charge in [0.1, 0.15) is 11.8 Å². The van der Waals surface area contributed by atoms with Gasteiger partial charge in [-0.15, -0.1) is 0 Å². The molecule has 0 unspecified atom stereocenters. The molecule has 0 atom stereocenters. The van der Waals surface area contributed by atoms with E-state index in [2.05, 4.69) is 38.1 Å². The summed E-state index contributed by atoms with van der Waals surface area (Å²) < 4.78 is 6.29. The van der Waals surface area contributed by atoms with Crippen LogP contribution in [0.4, 0.5) is 4.79 Å². The Morgan fingerprint density at radius 2 is 2.19 bits per heavy atom. The van der Waals surface area contributed by atoms with Crippen molar-refractivity contribution in [1.82, 2.24) is 10.3 Å². The number of alkyl carbamates (subject to hydrolysis) is 1. The van der Waals surface area contributed by atoms with Crippen molar-refractivity contribution < 1.29 is 9.53 Å². The lowest BCUT2D eigenvalue weighted by atomic mass is 9.83. The number of hydrogen-bond donors (Lipinski definition) is 1. The molecule has 1 aliphatic rings. The second kappa shape index (κ2) is 6.48. The summed E-state index contributed by atoms with van der Waals surface area (Å²) in [4.78, 5) is 15.8. The first kappa shape index (κ1) is 15.8. The fourth-order valence-corrected chi connectivity index (χ4v) is 2.25. The first-order valence-corrected chi connectivity index (χ1v) is 7.73. The van der Waals surface area contributed by atoms with Gasteiger partial charge in [0.15, 0.2) is 0 Å². The van der Waals surface area contributed by atoms with Crippen LogP contribution in [0.5, 0.6) is 0 Å². The molecule has 112 valence electrons. The predicted molar refractivity (Wildman–Crippen MR) is 84.7 cm³/mol. The van der Waals surface area contributed by atoms with E-state index >= 15 is 0 Å². The van der Waals surface area contributed by atoms with E-state index in [0.717, 1.165) is 23.0 Å². The fraction of sp³-hybridized carbons (Fsp3) is 0.500.